The Morgan fingerprint density at radius 1 is 1.44 bits per heavy atom. The third-order valence-corrected chi connectivity index (χ3v) is 2.70. The number of aromatic nitrogens is 2. The fourth-order valence-electron chi connectivity index (χ4n) is 1.80. The molecule has 5 heteroatoms. The van der Waals surface area contributed by atoms with Crippen molar-refractivity contribution in [3.8, 4) is 0 Å². The Hall–Kier alpha value is -2.30. The molecule has 0 radical (unpaired) electrons. The lowest BCUT2D eigenvalue weighted by Gasteiger charge is -2.09. The molecule has 5 nitrogen and oxygen atoms in total. The number of hydrogen-bond acceptors (Lipinski definition) is 3. The fourth-order valence-corrected chi connectivity index (χ4v) is 1.80. The van der Waals surface area contributed by atoms with Crippen LogP contribution in [0.3, 0.4) is 0 Å². The van der Waals surface area contributed by atoms with Crippen LogP contribution in [0.2, 0.25) is 0 Å². The van der Waals surface area contributed by atoms with Crippen molar-refractivity contribution in [2.45, 2.75) is 19.8 Å². The van der Waals surface area contributed by atoms with Gasteiger partial charge in [-0.05, 0) is 18.1 Å². The summed E-state index contributed by atoms with van der Waals surface area (Å²) in [6, 6.07) is 7.76. The predicted molar refractivity (Wildman–Crippen MR) is 71.4 cm³/mol. The van der Waals surface area contributed by atoms with Gasteiger partial charge < -0.3 is 11.1 Å². The van der Waals surface area contributed by atoms with Gasteiger partial charge in [0.05, 0.1) is 6.20 Å². The van der Waals surface area contributed by atoms with E-state index >= 15 is 0 Å². The molecule has 18 heavy (non-hydrogen) atoms. The van der Waals surface area contributed by atoms with Gasteiger partial charge in [-0.15, -0.1) is 0 Å². The lowest BCUT2D eigenvalue weighted by molar-refractivity contribution is 0.102. The second-order valence-electron chi connectivity index (χ2n) is 4.06. The lowest BCUT2D eigenvalue weighted by Crippen LogP contribution is -2.14. The number of nitrogen functional groups attached to an aromatic ring is 1. The second kappa shape index (κ2) is 5.35. The topological polar surface area (TPSA) is 83.8 Å². The highest BCUT2D eigenvalue weighted by Crippen LogP contribution is 2.18. The Bertz CT molecular complexity index is 547. The average molecular weight is 244 g/mol. The third kappa shape index (κ3) is 2.51. The Morgan fingerprint density at radius 3 is 2.89 bits per heavy atom. The zero-order valence-corrected chi connectivity index (χ0v) is 10.2. The van der Waals surface area contributed by atoms with Gasteiger partial charge in [-0.1, -0.05) is 31.5 Å². The standard InChI is InChI=1S/C13H16N4O/c1-2-5-9-6-3-4-7-11(9)16-13(18)10-8-15-17-12(10)14/h3-4,6-8H,2,5H2,1H3,(H,16,18)(H3,14,15,17). The number of amides is 1. The van der Waals surface area contributed by atoms with Gasteiger partial charge in [-0.25, -0.2) is 0 Å². The third-order valence-electron chi connectivity index (χ3n) is 2.70. The molecule has 1 heterocycles. The van der Waals surface area contributed by atoms with E-state index in [1.807, 2.05) is 24.3 Å². The summed E-state index contributed by atoms with van der Waals surface area (Å²) in [7, 11) is 0. The molecule has 1 amide bonds. The first kappa shape index (κ1) is 12.2. The zero-order valence-electron chi connectivity index (χ0n) is 10.2. The van der Waals surface area contributed by atoms with Crippen molar-refractivity contribution >= 4 is 17.4 Å². The number of rotatable bonds is 4. The number of aryl methyl sites for hydroxylation is 1. The molecule has 2 aromatic rings. The SMILES string of the molecule is CCCc1ccccc1NC(=O)c1cn[nH]c1N. The molecule has 1 aromatic carbocycles. The van der Waals surface area contributed by atoms with E-state index in [4.69, 9.17) is 5.73 Å². The number of aromatic amines is 1. The van der Waals surface area contributed by atoms with E-state index in [2.05, 4.69) is 22.4 Å². The quantitative estimate of drug-likeness (QED) is 0.770. The first-order chi connectivity index (χ1) is 8.72. The van der Waals surface area contributed by atoms with Crippen molar-refractivity contribution in [1.82, 2.24) is 10.2 Å². The molecular weight excluding hydrogens is 228 g/mol. The number of hydrogen-bond donors (Lipinski definition) is 3. The minimum atomic E-state index is -0.246. The zero-order chi connectivity index (χ0) is 13.0. The van der Waals surface area contributed by atoms with Crippen molar-refractivity contribution in [2.75, 3.05) is 11.1 Å². The number of H-pyrrole nitrogens is 1. The summed E-state index contributed by atoms with van der Waals surface area (Å²) < 4.78 is 0. The van der Waals surface area contributed by atoms with Crippen LogP contribution in [0.1, 0.15) is 29.3 Å². The molecule has 0 aliphatic carbocycles. The van der Waals surface area contributed by atoms with Gasteiger partial charge in [-0.3, -0.25) is 9.89 Å². The summed E-state index contributed by atoms with van der Waals surface area (Å²) in [6.07, 6.45) is 3.38. The van der Waals surface area contributed by atoms with Gasteiger partial charge >= 0.3 is 0 Å². The summed E-state index contributed by atoms with van der Waals surface area (Å²) in [6.45, 7) is 2.10. The molecule has 1 aromatic heterocycles. The van der Waals surface area contributed by atoms with Crippen LogP contribution in [-0.2, 0) is 6.42 Å². The maximum Gasteiger partial charge on any atom is 0.261 e. The predicted octanol–water partition coefficient (Wildman–Crippen LogP) is 2.20. The van der Waals surface area contributed by atoms with Crippen molar-refractivity contribution in [1.29, 1.82) is 0 Å². The van der Waals surface area contributed by atoms with Crippen LogP contribution in [0.5, 0.6) is 0 Å². The maximum atomic E-state index is 12.0. The van der Waals surface area contributed by atoms with E-state index in [9.17, 15) is 4.79 Å². The number of carbonyl (C=O) groups is 1. The maximum absolute atomic E-state index is 12.0. The molecular formula is C13H16N4O. The number of para-hydroxylation sites is 1. The summed E-state index contributed by atoms with van der Waals surface area (Å²) >= 11 is 0. The molecule has 0 aliphatic heterocycles. The molecule has 4 N–H and O–H groups in total. The monoisotopic (exact) mass is 244 g/mol. The van der Waals surface area contributed by atoms with Crippen LogP contribution in [-0.4, -0.2) is 16.1 Å². The van der Waals surface area contributed by atoms with Crippen LogP contribution >= 0.6 is 0 Å². The van der Waals surface area contributed by atoms with Gasteiger partial charge in [0, 0.05) is 5.69 Å². The highest BCUT2D eigenvalue weighted by molar-refractivity contribution is 6.07. The summed E-state index contributed by atoms with van der Waals surface area (Å²) in [5, 5.41) is 9.13. The smallest absolute Gasteiger partial charge is 0.261 e. The summed E-state index contributed by atoms with van der Waals surface area (Å²) in [5.74, 6) is 0.0327. The fraction of sp³-hybridized carbons (Fsp3) is 0.231. The Labute approximate surface area is 105 Å². The van der Waals surface area contributed by atoms with Crippen molar-refractivity contribution in [3.63, 3.8) is 0 Å². The summed E-state index contributed by atoms with van der Waals surface area (Å²) in [5.41, 5.74) is 7.92. The molecule has 0 bridgehead atoms. The highest BCUT2D eigenvalue weighted by Gasteiger charge is 2.12. The molecule has 0 atom stereocenters. The van der Waals surface area contributed by atoms with Crippen LogP contribution in [0.15, 0.2) is 30.5 Å². The molecule has 0 fully saturated rings. The van der Waals surface area contributed by atoms with Crippen LogP contribution in [0.4, 0.5) is 11.5 Å². The number of benzene rings is 1. The van der Waals surface area contributed by atoms with Crippen LogP contribution in [0, 0.1) is 0 Å². The van der Waals surface area contributed by atoms with Crippen LogP contribution in [0.25, 0.3) is 0 Å². The average Bonchev–Trinajstić information content (AvgIpc) is 2.78. The number of nitrogens with zero attached hydrogens (tertiary/aromatic N) is 1. The molecule has 94 valence electrons. The van der Waals surface area contributed by atoms with E-state index in [0.29, 0.717) is 5.56 Å². The molecule has 0 spiro atoms. The molecule has 2 rings (SSSR count). The number of nitrogens with one attached hydrogen (secondary N) is 2. The van der Waals surface area contributed by atoms with Gasteiger partial charge in [-0.2, -0.15) is 5.10 Å². The highest BCUT2D eigenvalue weighted by atomic mass is 16.1. The number of anilines is 2. The normalized spacial score (nSPS) is 10.3. The van der Waals surface area contributed by atoms with E-state index in [1.54, 1.807) is 0 Å². The first-order valence-corrected chi connectivity index (χ1v) is 5.90. The molecule has 0 saturated carbocycles. The molecule has 0 saturated heterocycles. The van der Waals surface area contributed by atoms with E-state index in [0.717, 1.165) is 24.1 Å². The van der Waals surface area contributed by atoms with Crippen molar-refractivity contribution < 1.29 is 4.79 Å². The van der Waals surface area contributed by atoms with E-state index < -0.39 is 0 Å². The number of carbonyl (C=O) groups excluding carboxylic acids is 1. The lowest BCUT2D eigenvalue weighted by atomic mass is 10.1. The Morgan fingerprint density at radius 2 is 2.22 bits per heavy atom. The van der Waals surface area contributed by atoms with Gasteiger partial charge in [0.25, 0.3) is 5.91 Å². The number of nitrogens with two attached hydrogens (primary N) is 1. The van der Waals surface area contributed by atoms with E-state index in [-0.39, 0.29) is 11.7 Å². The van der Waals surface area contributed by atoms with Crippen molar-refractivity contribution in [2.24, 2.45) is 0 Å². The Balaban J connectivity index is 2.19. The second-order valence-corrected chi connectivity index (χ2v) is 4.06. The molecule has 0 aliphatic rings. The van der Waals surface area contributed by atoms with Crippen molar-refractivity contribution in [3.05, 3.63) is 41.6 Å². The van der Waals surface area contributed by atoms with Crippen LogP contribution < -0.4 is 11.1 Å². The minimum Gasteiger partial charge on any atom is -0.383 e. The van der Waals surface area contributed by atoms with Gasteiger partial charge in [0.15, 0.2) is 0 Å². The van der Waals surface area contributed by atoms with Gasteiger partial charge in [0.1, 0.15) is 11.4 Å². The Kier molecular flexibility index (Phi) is 3.62. The summed E-state index contributed by atoms with van der Waals surface area (Å²) in [4.78, 5) is 12.0. The first-order valence-electron chi connectivity index (χ1n) is 5.90. The molecule has 0 unspecified atom stereocenters. The van der Waals surface area contributed by atoms with E-state index in [1.165, 1.54) is 6.20 Å². The minimum absolute atomic E-state index is 0.246. The largest absolute Gasteiger partial charge is 0.383 e. The van der Waals surface area contributed by atoms with Gasteiger partial charge in [0.2, 0.25) is 0 Å².